The number of hydroxylamine groups is 4. The molecule has 0 aromatic heterocycles. The second-order valence-corrected chi connectivity index (χ2v) is 6.25. The molecule has 2 aliphatic rings. The van der Waals surface area contributed by atoms with Crippen LogP contribution < -0.4 is 10.6 Å². The van der Waals surface area contributed by atoms with Gasteiger partial charge in [0.1, 0.15) is 5.70 Å². The summed E-state index contributed by atoms with van der Waals surface area (Å²) < 4.78 is 0. The van der Waals surface area contributed by atoms with Crippen LogP contribution in [-0.2, 0) is 5.21 Å². The maximum Gasteiger partial charge on any atom is 0.183 e. The van der Waals surface area contributed by atoms with Gasteiger partial charge in [-0.2, -0.15) is 5.06 Å². The van der Waals surface area contributed by atoms with Gasteiger partial charge in [0.15, 0.2) is 5.82 Å². The van der Waals surface area contributed by atoms with Crippen molar-refractivity contribution in [1.82, 2.24) is 10.1 Å². The fourth-order valence-corrected chi connectivity index (χ4v) is 2.47. The molecule has 5 nitrogen and oxygen atoms in total. The largest absolute Gasteiger partial charge is 0.286 e. The van der Waals surface area contributed by atoms with E-state index < -0.39 is 11.1 Å². The summed E-state index contributed by atoms with van der Waals surface area (Å²) in [7, 11) is 0. The highest BCUT2D eigenvalue weighted by molar-refractivity contribution is 5.52. The average molecular weight is 272 g/mol. The molecule has 1 aromatic carbocycles. The molecule has 1 N–H and O–H groups in total. The van der Waals surface area contributed by atoms with Crippen LogP contribution in [0.3, 0.4) is 0 Å². The summed E-state index contributed by atoms with van der Waals surface area (Å²) in [6.07, 6.45) is 1.83. The summed E-state index contributed by atoms with van der Waals surface area (Å²) in [6.45, 7) is 7.32. The lowest BCUT2D eigenvalue weighted by Crippen LogP contribution is -2.52. The van der Waals surface area contributed by atoms with E-state index in [4.69, 9.17) is 0 Å². The summed E-state index contributed by atoms with van der Waals surface area (Å²) in [4.78, 5) is 4.45. The zero-order valence-electron chi connectivity index (χ0n) is 12.1. The molecule has 0 atom stereocenters. The van der Waals surface area contributed by atoms with Crippen molar-refractivity contribution in [3.05, 3.63) is 46.4 Å². The summed E-state index contributed by atoms with van der Waals surface area (Å²) in [6, 6.07) is 7.65. The highest BCUT2D eigenvalue weighted by Gasteiger charge is 2.57. The van der Waals surface area contributed by atoms with Crippen molar-refractivity contribution in [1.29, 1.82) is 0 Å². The fourth-order valence-electron chi connectivity index (χ4n) is 2.47. The number of benzene rings is 1. The van der Waals surface area contributed by atoms with Crippen molar-refractivity contribution in [3.63, 3.8) is 0 Å². The summed E-state index contributed by atoms with van der Waals surface area (Å²) >= 11 is 0. The third kappa shape index (κ3) is 1.47. The Balaban J connectivity index is 2.22. The van der Waals surface area contributed by atoms with E-state index in [1.165, 1.54) is 0 Å². The minimum Gasteiger partial charge on any atom is -0.286 e. The third-order valence-corrected chi connectivity index (χ3v) is 4.63. The topological polar surface area (TPSA) is 59.0 Å². The number of fused-ring (bicyclic) bond motifs is 1. The van der Waals surface area contributed by atoms with Crippen LogP contribution in [0.25, 0.3) is 6.08 Å². The van der Waals surface area contributed by atoms with Crippen molar-refractivity contribution in [3.8, 4) is 0 Å². The molecule has 0 amide bonds. The molecule has 1 radical (unpaired) electrons. The van der Waals surface area contributed by atoms with Crippen LogP contribution in [0.1, 0.15) is 27.7 Å². The first-order chi connectivity index (χ1) is 9.26. The van der Waals surface area contributed by atoms with Crippen LogP contribution in [0.2, 0.25) is 0 Å². The van der Waals surface area contributed by atoms with Crippen LogP contribution in [0.15, 0.2) is 40.8 Å². The Morgan fingerprint density at radius 3 is 2.30 bits per heavy atom. The van der Waals surface area contributed by atoms with Crippen LogP contribution in [0.5, 0.6) is 0 Å². The van der Waals surface area contributed by atoms with Crippen LogP contribution >= 0.6 is 0 Å². The molecule has 0 aliphatic carbocycles. The van der Waals surface area contributed by atoms with Gasteiger partial charge in [0, 0.05) is 5.22 Å². The van der Waals surface area contributed by atoms with Crippen LogP contribution in [0.4, 0.5) is 0 Å². The van der Waals surface area contributed by atoms with Crippen molar-refractivity contribution in [2.24, 2.45) is 4.99 Å². The van der Waals surface area contributed by atoms with E-state index in [-0.39, 0.29) is 5.82 Å². The Kier molecular flexibility index (Phi) is 2.52. The minimum absolute atomic E-state index is 0.205. The monoisotopic (exact) mass is 272 g/mol. The standard InChI is InChI=1S/C15H18N3O2/c1-14(2)15(3,4)18(20)13(17(14)19)12-9-10-7-5-6-8-11(10)16-12/h5-9,19H,1-4H3/b13-12+. The Hall–Kier alpha value is -1.85. The van der Waals surface area contributed by atoms with Gasteiger partial charge in [-0.25, -0.2) is 10.1 Å². The van der Waals surface area contributed by atoms with Crippen molar-refractivity contribution in [2.45, 2.75) is 38.8 Å². The number of para-hydroxylation sites is 1. The molecule has 2 heterocycles. The van der Waals surface area contributed by atoms with Gasteiger partial charge >= 0.3 is 0 Å². The van der Waals surface area contributed by atoms with E-state index >= 15 is 0 Å². The second-order valence-electron chi connectivity index (χ2n) is 6.25. The zero-order valence-corrected chi connectivity index (χ0v) is 12.1. The van der Waals surface area contributed by atoms with Gasteiger partial charge < -0.3 is 0 Å². The predicted octanol–water partition coefficient (Wildman–Crippen LogP) is 1.18. The summed E-state index contributed by atoms with van der Waals surface area (Å²) in [5.41, 5.74) is -0.945. The van der Waals surface area contributed by atoms with Crippen LogP contribution in [0, 0.1) is 0 Å². The van der Waals surface area contributed by atoms with E-state index in [9.17, 15) is 10.4 Å². The first-order valence-electron chi connectivity index (χ1n) is 6.63. The molecule has 105 valence electrons. The summed E-state index contributed by atoms with van der Waals surface area (Å²) in [5, 5.41) is 26.7. The Bertz CT molecular complexity index is 660. The number of allylic oxidation sites excluding steroid dienone is 1. The number of nitrogens with zero attached hydrogens (tertiary/aromatic N) is 3. The first kappa shape index (κ1) is 13.1. The molecule has 1 saturated heterocycles. The Morgan fingerprint density at radius 2 is 1.75 bits per heavy atom. The van der Waals surface area contributed by atoms with Gasteiger partial charge in [-0.05, 0) is 39.8 Å². The lowest BCUT2D eigenvalue weighted by molar-refractivity contribution is -0.181. The fraction of sp³-hybridized carbons (Fsp3) is 0.400. The van der Waals surface area contributed by atoms with Gasteiger partial charge in [0.2, 0.25) is 0 Å². The molecule has 20 heavy (non-hydrogen) atoms. The molecule has 0 bridgehead atoms. The van der Waals surface area contributed by atoms with E-state index in [1.54, 1.807) is 0 Å². The molecule has 5 heteroatoms. The molecule has 3 rings (SSSR count). The molecule has 0 saturated carbocycles. The number of hydrogen-bond acceptors (Lipinski definition) is 4. The highest BCUT2D eigenvalue weighted by atomic mass is 16.6. The highest BCUT2D eigenvalue weighted by Crippen LogP contribution is 2.44. The number of rotatable bonds is 0. The molecule has 0 unspecified atom stereocenters. The maximum atomic E-state index is 12.6. The van der Waals surface area contributed by atoms with Crippen molar-refractivity contribution in [2.75, 3.05) is 0 Å². The van der Waals surface area contributed by atoms with Crippen molar-refractivity contribution < 1.29 is 10.4 Å². The van der Waals surface area contributed by atoms with E-state index in [2.05, 4.69) is 4.99 Å². The molecular weight excluding hydrogens is 254 g/mol. The predicted molar refractivity (Wildman–Crippen MR) is 73.0 cm³/mol. The van der Waals surface area contributed by atoms with Gasteiger partial charge in [0.25, 0.3) is 0 Å². The molecule has 0 spiro atoms. The van der Waals surface area contributed by atoms with Crippen molar-refractivity contribution >= 4 is 6.08 Å². The maximum absolute atomic E-state index is 12.6. The SMILES string of the molecule is CC1(C)N([O])/C(=C2\C=c3ccccc3=N2)N(O)C1(C)C. The third-order valence-electron chi connectivity index (χ3n) is 4.63. The lowest BCUT2D eigenvalue weighted by Gasteiger charge is -2.36. The Labute approximate surface area is 117 Å². The lowest BCUT2D eigenvalue weighted by atomic mass is 9.84. The normalized spacial score (nSPS) is 26.3. The molecular formula is C15H18N3O2. The van der Waals surface area contributed by atoms with Gasteiger partial charge in [0.05, 0.1) is 16.4 Å². The molecule has 1 fully saturated rings. The van der Waals surface area contributed by atoms with Gasteiger partial charge in [-0.1, -0.05) is 23.4 Å². The van der Waals surface area contributed by atoms with E-state index in [1.807, 2.05) is 58.0 Å². The van der Waals surface area contributed by atoms with Crippen LogP contribution in [-0.4, -0.2) is 26.4 Å². The quantitative estimate of drug-likeness (QED) is 0.771. The molecule has 2 aliphatic heterocycles. The Morgan fingerprint density at radius 1 is 1.10 bits per heavy atom. The van der Waals surface area contributed by atoms with E-state index in [0.29, 0.717) is 5.70 Å². The number of hydrogen-bond donors (Lipinski definition) is 1. The first-order valence-corrected chi connectivity index (χ1v) is 6.63. The second kappa shape index (κ2) is 3.84. The molecule has 1 aromatic rings. The van der Waals surface area contributed by atoms with Gasteiger partial charge in [-0.15, -0.1) is 0 Å². The summed E-state index contributed by atoms with van der Waals surface area (Å²) in [5.74, 6) is 0.205. The van der Waals surface area contributed by atoms with E-state index in [0.717, 1.165) is 20.7 Å². The minimum atomic E-state index is -0.748. The average Bonchev–Trinajstić information content (AvgIpc) is 2.85. The van der Waals surface area contributed by atoms with Gasteiger partial charge in [-0.3, -0.25) is 5.21 Å². The zero-order chi connectivity index (χ0) is 14.7. The smallest absolute Gasteiger partial charge is 0.183 e.